The average Bonchev–Trinajstić information content (AvgIpc) is 2.19. The third kappa shape index (κ3) is 2.97. The van der Waals surface area contributed by atoms with Crippen LogP contribution in [0.5, 0.6) is 0 Å². The van der Waals surface area contributed by atoms with E-state index < -0.39 is 6.04 Å². The lowest BCUT2D eigenvalue weighted by molar-refractivity contribution is -0.109. The monoisotopic (exact) mass is 178 g/mol. The minimum atomic E-state index is -0.681. The molecule has 2 N–H and O–H groups in total. The molecule has 69 valence electrons. The van der Waals surface area contributed by atoms with E-state index >= 15 is 0 Å². The van der Waals surface area contributed by atoms with Crippen molar-refractivity contribution in [2.75, 3.05) is 0 Å². The van der Waals surface area contributed by atoms with Crippen molar-refractivity contribution in [3.63, 3.8) is 0 Å². The Morgan fingerprint density at radius 1 is 1.31 bits per heavy atom. The van der Waals surface area contributed by atoms with Crippen LogP contribution in [0.2, 0.25) is 0 Å². The van der Waals surface area contributed by atoms with Gasteiger partial charge in [-0.1, -0.05) is 24.3 Å². The van der Waals surface area contributed by atoms with Crippen LogP contribution in [0.15, 0.2) is 24.3 Å². The number of carbonyl (C=O) groups is 1. The molecule has 0 aromatic heterocycles. The van der Waals surface area contributed by atoms with Crippen LogP contribution in [-0.4, -0.2) is 17.4 Å². The van der Waals surface area contributed by atoms with Crippen molar-refractivity contribution in [2.24, 2.45) is 0 Å². The number of rotatable bonds is 4. The molecule has 0 aliphatic rings. The molecule has 3 heteroatoms. The summed E-state index contributed by atoms with van der Waals surface area (Å²) in [5.41, 5.74) is 9.03. The van der Waals surface area contributed by atoms with Gasteiger partial charge in [-0.05, 0) is 17.5 Å². The highest BCUT2D eigenvalue weighted by Gasteiger charge is 2.02. The molecule has 1 unspecified atom stereocenters. The van der Waals surface area contributed by atoms with E-state index in [0.717, 1.165) is 11.1 Å². The Labute approximate surface area is 77.2 Å². The van der Waals surface area contributed by atoms with Gasteiger partial charge in [-0.2, -0.15) is 0 Å². The first-order chi connectivity index (χ1) is 6.26. The summed E-state index contributed by atoms with van der Waals surface area (Å²) in [6, 6.07) is 6.58. The van der Waals surface area contributed by atoms with Crippen LogP contribution in [0, 0.1) is 0 Å². The topological polar surface area (TPSA) is 61.1 Å². The first-order valence-corrected chi connectivity index (χ1v) is 4.11. The molecule has 0 amide bonds. The largest absolute Gasteiger partial charge is 0.392 e. The fourth-order valence-corrected chi connectivity index (χ4v) is 1.08. The Balaban J connectivity index is 2.63. The van der Waals surface area contributed by atoms with Gasteiger partial charge in [-0.15, -0.1) is 0 Å². The molecule has 0 spiro atoms. The molecule has 1 atom stereocenters. The summed E-state index contributed by atoms with van der Waals surface area (Å²) in [6.45, 7) is 0.0261. The molecule has 0 saturated heterocycles. The van der Waals surface area contributed by atoms with E-state index in [1.54, 1.807) is 12.1 Å². The van der Waals surface area contributed by atoms with E-state index in [1.807, 2.05) is 12.1 Å². The van der Waals surface area contributed by atoms with E-state index in [2.05, 4.69) is 0 Å². The molecule has 0 saturated carbocycles. The second-order valence-corrected chi connectivity index (χ2v) is 2.92. The number of carbonyl (C=O) groups excluding carboxylic acids is 1. The zero-order chi connectivity index (χ0) is 9.68. The summed E-state index contributed by atoms with van der Waals surface area (Å²) in [7, 11) is 0. The summed E-state index contributed by atoms with van der Waals surface area (Å²) >= 11 is 0. The van der Waals surface area contributed by atoms with Crippen molar-refractivity contribution >= 4 is 6.29 Å². The lowest BCUT2D eigenvalue weighted by atomic mass is 10.1. The maximum Gasteiger partial charge on any atom is 0.138 e. The number of aliphatic hydroxyl groups is 1. The highest BCUT2D eigenvalue weighted by Crippen LogP contribution is 2.05. The number of benzene rings is 1. The number of aliphatic hydroxyl groups excluding tert-OH is 1. The number of hydrogen-bond acceptors (Lipinski definition) is 2. The second kappa shape index (κ2) is 4.74. The summed E-state index contributed by atoms with van der Waals surface area (Å²) in [5.74, 6) is 0. The molecule has 0 bridgehead atoms. The first-order valence-electron chi connectivity index (χ1n) is 4.11. The highest BCUT2D eigenvalue weighted by atomic mass is 16.3. The Bertz CT molecular complexity index is 269. The van der Waals surface area contributed by atoms with Gasteiger partial charge in [0, 0.05) is 0 Å². The smallest absolute Gasteiger partial charge is 0.138 e. The maximum atomic E-state index is 10.2. The van der Waals surface area contributed by atoms with E-state index in [0.29, 0.717) is 12.7 Å². The molecular formula is C10H12NO2. The Morgan fingerprint density at radius 3 is 2.31 bits per heavy atom. The van der Waals surface area contributed by atoms with Gasteiger partial charge in [0.15, 0.2) is 0 Å². The van der Waals surface area contributed by atoms with E-state index in [1.165, 1.54) is 0 Å². The standard InChI is InChI=1S/C10H12NO2/c11-10(7-13)5-8-1-3-9(6-12)4-2-8/h1-4,7,10-12H,5-6H2. The van der Waals surface area contributed by atoms with Crippen LogP contribution in [-0.2, 0) is 17.8 Å². The zero-order valence-electron chi connectivity index (χ0n) is 7.23. The van der Waals surface area contributed by atoms with Crippen molar-refractivity contribution in [3.8, 4) is 0 Å². The molecule has 3 nitrogen and oxygen atoms in total. The lowest BCUT2D eigenvalue weighted by Gasteiger charge is -2.03. The second-order valence-electron chi connectivity index (χ2n) is 2.92. The summed E-state index contributed by atoms with van der Waals surface area (Å²) in [4.78, 5) is 10.2. The molecule has 13 heavy (non-hydrogen) atoms. The van der Waals surface area contributed by atoms with E-state index in [9.17, 15) is 4.79 Å². The average molecular weight is 178 g/mol. The van der Waals surface area contributed by atoms with Crippen LogP contribution in [0.1, 0.15) is 11.1 Å². The number of hydrogen-bond donors (Lipinski definition) is 1. The molecule has 0 aliphatic heterocycles. The molecule has 0 fully saturated rings. The normalized spacial score (nSPS) is 12.5. The molecule has 1 aromatic carbocycles. The summed E-state index contributed by atoms with van der Waals surface area (Å²) in [5, 5.41) is 8.76. The third-order valence-corrected chi connectivity index (χ3v) is 1.83. The van der Waals surface area contributed by atoms with Crippen LogP contribution in [0.4, 0.5) is 0 Å². The van der Waals surface area contributed by atoms with Gasteiger partial charge in [-0.3, -0.25) is 0 Å². The molecule has 1 radical (unpaired) electrons. The van der Waals surface area contributed by atoms with Crippen molar-refractivity contribution in [2.45, 2.75) is 19.1 Å². The zero-order valence-corrected chi connectivity index (χ0v) is 7.23. The van der Waals surface area contributed by atoms with Gasteiger partial charge in [-0.25, -0.2) is 5.73 Å². The molecule has 1 rings (SSSR count). The number of nitrogens with one attached hydrogen (secondary N) is 1. The fourth-order valence-electron chi connectivity index (χ4n) is 1.08. The van der Waals surface area contributed by atoms with E-state index in [-0.39, 0.29) is 6.61 Å². The van der Waals surface area contributed by atoms with Crippen LogP contribution >= 0.6 is 0 Å². The third-order valence-electron chi connectivity index (χ3n) is 1.83. The van der Waals surface area contributed by atoms with Gasteiger partial charge in [0.25, 0.3) is 0 Å². The maximum absolute atomic E-state index is 10.2. The Kier molecular flexibility index (Phi) is 3.61. The van der Waals surface area contributed by atoms with Crippen molar-refractivity contribution in [1.29, 1.82) is 0 Å². The molecule has 0 aliphatic carbocycles. The number of aldehydes is 1. The van der Waals surface area contributed by atoms with Gasteiger partial charge >= 0.3 is 0 Å². The SMILES string of the molecule is [NH]C(C=O)Cc1ccc(CO)cc1. The molecule has 0 heterocycles. The quantitative estimate of drug-likeness (QED) is 0.685. The molecule has 1 aromatic rings. The summed E-state index contributed by atoms with van der Waals surface area (Å²) < 4.78 is 0. The van der Waals surface area contributed by atoms with Crippen LogP contribution in [0.3, 0.4) is 0 Å². The van der Waals surface area contributed by atoms with Gasteiger partial charge in [0.2, 0.25) is 0 Å². The predicted molar refractivity (Wildman–Crippen MR) is 49.0 cm³/mol. The first kappa shape index (κ1) is 9.89. The van der Waals surface area contributed by atoms with Gasteiger partial charge in [0.1, 0.15) is 6.29 Å². The summed E-state index contributed by atoms with van der Waals surface area (Å²) in [6.07, 6.45) is 1.06. The fraction of sp³-hybridized carbons (Fsp3) is 0.300. The predicted octanol–water partition coefficient (Wildman–Crippen LogP) is 0.572. The minimum absolute atomic E-state index is 0.0261. The lowest BCUT2D eigenvalue weighted by Crippen LogP contribution is -2.13. The van der Waals surface area contributed by atoms with Gasteiger partial charge < -0.3 is 9.90 Å². The molecular weight excluding hydrogens is 166 g/mol. The van der Waals surface area contributed by atoms with E-state index in [4.69, 9.17) is 10.8 Å². The Morgan fingerprint density at radius 2 is 1.85 bits per heavy atom. The highest BCUT2D eigenvalue weighted by molar-refractivity contribution is 5.57. The van der Waals surface area contributed by atoms with Crippen molar-refractivity contribution in [3.05, 3.63) is 35.4 Å². The minimum Gasteiger partial charge on any atom is -0.392 e. The van der Waals surface area contributed by atoms with Crippen LogP contribution in [0.25, 0.3) is 0 Å². The van der Waals surface area contributed by atoms with Crippen LogP contribution < -0.4 is 5.73 Å². The van der Waals surface area contributed by atoms with Crippen molar-refractivity contribution in [1.82, 2.24) is 5.73 Å². The Hall–Kier alpha value is -1.19. The van der Waals surface area contributed by atoms with Gasteiger partial charge in [0.05, 0.1) is 12.6 Å². The van der Waals surface area contributed by atoms with Crippen molar-refractivity contribution < 1.29 is 9.90 Å².